The molecule has 0 aliphatic carbocycles. The van der Waals surface area contributed by atoms with Gasteiger partial charge in [-0.3, -0.25) is 4.79 Å². The Hall–Kier alpha value is -2.70. The maximum absolute atomic E-state index is 11.9. The Morgan fingerprint density at radius 1 is 1.12 bits per heavy atom. The molecule has 0 bridgehead atoms. The predicted molar refractivity (Wildman–Crippen MR) is 131 cm³/mol. The maximum Gasteiger partial charge on any atom is 0.248 e. The van der Waals surface area contributed by atoms with Crippen molar-refractivity contribution in [2.45, 2.75) is 45.8 Å². The Bertz CT molecular complexity index is 790. The van der Waals surface area contributed by atoms with E-state index in [-0.39, 0.29) is 25.2 Å². The molecule has 0 heterocycles. The van der Waals surface area contributed by atoms with E-state index in [9.17, 15) is 4.79 Å². The molecule has 0 saturated heterocycles. The summed E-state index contributed by atoms with van der Waals surface area (Å²) in [5.74, 6) is 5.28. The number of halogens is 1. The lowest BCUT2D eigenvalue weighted by Crippen LogP contribution is -2.35. The molecular weight excluding hydrogens is 426 g/mol. The number of amides is 1. The molecule has 1 rings (SSSR count). The molecule has 2 unspecified atom stereocenters. The third kappa shape index (κ3) is 14.3. The normalized spacial score (nSPS) is 13.0. The Labute approximate surface area is 198 Å². The van der Waals surface area contributed by atoms with Crippen molar-refractivity contribution in [1.82, 2.24) is 5.32 Å². The van der Waals surface area contributed by atoms with Gasteiger partial charge >= 0.3 is 0 Å². The van der Waals surface area contributed by atoms with E-state index in [2.05, 4.69) is 23.2 Å². The minimum absolute atomic E-state index is 0.116. The summed E-state index contributed by atoms with van der Waals surface area (Å²) in [6, 6.07) is 9.44. The largest absolute Gasteiger partial charge is 0.498 e. The van der Waals surface area contributed by atoms with Gasteiger partial charge < -0.3 is 19.5 Å². The summed E-state index contributed by atoms with van der Waals surface area (Å²) in [7, 11) is 1.59. The molecule has 174 valence electrons. The van der Waals surface area contributed by atoms with Gasteiger partial charge in [0.05, 0.1) is 7.11 Å². The van der Waals surface area contributed by atoms with Gasteiger partial charge in [0.1, 0.15) is 31.2 Å². The summed E-state index contributed by atoms with van der Waals surface area (Å²) in [5.41, 5.74) is 1.05. The van der Waals surface area contributed by atoms with E-state index in [1.807, 2.05) is 50.3 Å². The van der Waals surface area contributed by atoms with Crippen LogP contribution in [0.3, 0.4) is 0 Å². The molecule has 0 fully saturated rings. The fourth-order valence-electron chi connectivity index (χ4n) is 2.41. The van der Waals surface area contributed by atoms with Crippen LogP contribution >= 0.6 is 11.6 Å². The van der Waals surface area contributed by atoms with Crippen molar-refractivity contribution in [2.24, 2.45) is 0 Å². The van der Waals surface area contributed by atoms with Crippen LogP contribution < -0.4 is 5.32 Å². The Balaban J connectivity index is 0.00000115. The second-order valence-corrected chi connectivity index (χ2v) is 7.03. The summed E-state index contributed by atoms with van der Waals surface area (Å²) >= 11 is 5.54. The number of methoxy groups -OCH3 is 1. The molecule has 2 atom stereocenters. The van der Waals surface area contributed by atoms with Crippen molar-refractivity contribution in [3.63, 3.8) is 0 Å². The first-order valence-electron chi connectivity index (χ1n) is 10.4. The van der Waals surface area contributed by atoms with Crippen molar-refractivity contribution in [3.8, 4) is 24.7 Å². The van der Waals surface area contributed by atoms with Gasteiger partial charge in [-0.05, 0) is 50.5 Å². The van der Waals surface area contributed by atoms with Crippen LogP contribution in [0.1, 0.15) is 33.6 Å². The number of carbonyl (C=O) groups is 1. The number of allylic oxidation sites excluding steroid dienone is 2. The van der Waals surface area contributed by atoms with E-state index in [0.29, 0.717) is 18.7 Å². The second kappa shape index (κ2) is 19.0. The number of nitrogens with one attached hydrogen (secondary N) is 1. The number of ether oxygens (including phenoxy) is 3. The molecule has 0 saturated carbocycles. The van der Waals surface area contributed by atoms with Crippen molar-refractivity contribution in [2.75, 3.05) is 26.9 Å². The highest BCUT2D eigenvalue weighted by molar-refractivity contribution is 6.30. The van der Waals surface area contributed by atoms with E-state index < -0.39 is 6.10 Å². The van der Waals surface area contributed by atoms with Gasteiger partial charge in [-0.15, -0.1) is 12.8 Å². The molecule has 32 heavy (non-hydrogen) atoms. The topological polar surface area (TPSA) is 56.8 Å². The third-order valence-electron chi connectivity index (χ3n) is 4.08. The molecule has 1 N–H and O–H groups in total. The average Bonchev–Trinajstić information content (AvgIpc) is 2.80. The van der Waals surface area contributed by atoms with Crippen LogP contribution in [0.4, 0.5) is 0 Å². The fourth-order valence-corrected chi connectivity index (χ4v) is 2.56. The molecule has 1 amide bonds. The lowest BCUT2D eigenvalue weighted by Gasteiger charge is -2.16. The van der Waals surface area contributed by atoms with Crippen LogP contribution in [0, 0.1) is 24.7 Å². The fraction of sp³-hybridized carbons (Fsp3) is 0.423. The Kier molecular flexibility index (Phi) is 17.4. The number of terminal acetylenes is 2. The second-order valence-electron chi connectivity index (χ2n) is 6.59. The summed E-state index contributed by atoms with van der Waals surface area (Å²) < 4.78 is 16.1. The molecule has 0 aliphatic rings. The molecule has 6 heteroatoms. The Morgan fingerprint density at radius 3 is 2.19 bits per heavy atom. The van der Waals surface area contributed by atoms with Crippen LogP contribution in [0.2, 0.25) is 5.02 Å². The van der Waals surface area contributed by atoms with E-state index in [1.165, 1.54) is 0 Å². The van der Waals surface area contributed by atoms with E-state index in [0.717, 1.165) is 17.0 Å². The smallest absolute Gasteiger partial charge is 0.248 e. The molecule has 0 aliphatic heterocycles. The third-order valence-corrected chi connectivity index (χ3v) is 4.33. The molecule has 5 nitrogen and oxygen atoms in total. The SMILES string of the molecule is C#CCOC(C)C(=O)NCCC(=C/CC)/C=C(/OC)C(C)OCC#C.Clc1ccccc1. The van der Waals surface area contributed by atoms with Gasteiger partial charge in [0, 0.05) is 11.6 Å². The van der Waals surface area contributed by atoms with Crippen molar-refractivity contribution in [1.29, 1.82) is 0 Å². The Morgan fingerprint density at radius 2 is 1.72 bits per heavy atom. The zero-order chi connectivity index (χ0) is 24.2. The van der Waals surface area contributed by atoms with Crippen LogP contribution in [-0.2, 0) is 19.0 Å². The average molecular weight is 460 g/mol. The minimum atomic E-state index is -0.572. The van der Waals surface area contributed by atoms with E-state index in [4.69, 9.17) is 38.7 Å². The number of hydrogen-bond acceptors (Lipinski definition) is 4. The predicted octanol–water partition coefficient (Wildman–Crippen LogP) is 4.78. The monoisotopic (exact) mass is 459 g/mol. The molecular formula is C26H34ClNO4. The number of hydrogen-bond donors (Lipinski definition) is 1. The highest BCUT2D eigenvalue weighted by Gasteiger charge is 2.13. The molecule has 0 radical (unpaired) electrons. The molecule has 1 aromatic rings. The van der Waals surface area contributed by atoms with E-state index >= 15 is 0 Å². The zero-order valence-electron chi connectivity index (χ0n) is 19.4. The van der Waals surface area contributed by atoms with Crippen LogP contribution in [-0.4, -0.2) is 45.0 Å². The van der Waals surface area contributed by atoms with Gasteiger partial charge in [0.2, 0.25) is 5.91 Å². The van der Waals surface area contributed by atoms with Gasteiger partial charge in [0.25, 0.3) is 0 Å². The van der Waals surface area contributed by atoms with Gasteiger partial charge in [-0.1, -0.05) is 54.6 Å². The van der Waals surface area contributed by atoms with Crippen LogP contribution in [0.5, 0.6) is 0 Å². The summed E-state index contributed by atoms with van der Waals surface area (Å²) in [4.78, 5) is 11.9. The van der Waals surface area contributed by atoms with E-state index in [1.54, 1.807) is 14.0 Å². The highest BCUT2D eigenvalue weighted by atomic mass is 35.5. The van der Waals surface area contributed by atoms with Gasteiger partial charge in [-0.25, -0.2) is 0 Å². The van der Waals surface area contributed by atoms with Crippen LogP contribution in [0.15, 0.2) is 53.8 Å². The first kappa shape index (κ1) is 29.3. The molecule has 0 spiro atoms. The lowest BCUT2D eigenvalue weighted by atomic mass is 10.1. The zero-order valence-corrected chi connectivity index (χ0v) is 20.2. The first-order chi connectivity index (χ1) is 15.4. The van der Waals surface area contributed by atoms with Crippen molar-refractivity contribution >= 4 is 17.5 Å². The van der Waals surface area contributed by atoms with Gasteiger partial charge in [0.15, 0.2) is 0 Å². The highest BCUT2D eigenvalue weighted by Crippen LogP contribution is 2.14. The van der Waals surface area contributed by atoms with Crippen molar-refractivity contribution < 1.29 is 19.0 Å². The number of benzene rings is 1. The lowest BCUT2D eigenvalue weighted by molar-refractivity contribution is -0.130. The molecule has 0 aromatic heterocycles. The standard InChI is InChI=1S/C20H29NO4.C6H5Cl/c1-7-10-18(15-19(23-6)16(4)24-13-8-2)11-12-21-20(22)17(5)25-14-9-3;7-6-4-2-1-3-5-6/h2-3,10,15-17H,7,11-14H2,1,4-6H3,(H,21,22);1-5H/b18-10-,19-15+;. The summed E-state index contributed by atoms with van der Waals surface area (Å²) in [5, 5.41) is 3.63. The maximum atomic E-state index is 11.9. The quantitative estimate of drug-likeness (QED) is 0.278. The van der Waals surface area contributed by atoms with Crippen molar-refractivity contribution in [3.05, 3.63) is 58.8 Å². The number of rotatable bonds is 12. The minimum Gasteiger partial charge on any atom is -0.498 e. The summed E-state index contributed by atoms with van der Waals surface area (Å²) in [6.45, 7) is 6.42. The van der Waals surface area contributed by atoms with Crippen LogP contribution in [0.25, 0.3) is 0 Å². The van der Waals surface area contributed by atoms with Gasteiger partial charge in [-0.2, -0.15) is 0 Å². The molecule has 1 aromatic carbocycles. The first-order valence-corrected chi connectivity index (χ1v) is 10.8. The summed E-state index contributed by atoms with van der Waals surface area (Å²) in [6.07, 6.45) is 15.0. The number of carbonyl (C=O) groups excluding carboxylic acids is 1.